The average Bonchev–Trinajstić information content (AvgIpc) is 2.78. The SMILES string of the molecule is C=CCNCC(=O)N(CC)CC1CCCO1. The highest BCUT2D eigenvalue weighted by molar-refractivity contribution is 5.78. The van der Waals surface area contributed by atoms with Crippen molar-refractivity contribution in [3.05, 3.63) is 12.7 Å². The first-order valence-corrected chi connectivity index (χ1v) is 5.99. The molecule has 1 fully saturated rings. The zero-order chi connectivity index (χ0) is 11.8. The van der Waals surface area contributed by atoms with E-state index in [1.54, 1.807) is 6.08 Å². The zero-order valence-electron chi connectivity index (χ0n) is 10.1. The highest BCUT2D eigenvalue weighted by Crippen LogP contribution is 2.13. The summed E-state index contributed by atoms with van der Waals surface area (Å²) in [6, 6.07) is 0. The van der Waals surface area contributed by atoms with Crippen molar-refractivity contribution in [2.45, 2.75) is 25.9 Å². The summed E-state index contributed by atoms with van der Waals surface area (Å²) in [5, 5.41) is 3.02. The van der Waals surface area contributed by atoms with E-state index in [0.717, 1.165) is 32.5 Å². The molecule has 0 aromatic carbocycles. The van der Waals surface area contributed by atoms with Crippen LogP contribution in [0.4, 0.5) is 0 Å². The van der Waals surface area contributed by atoms with Crippen molar-refractivity contribution in [1.82, 2.24) is 10.2 Å². The maximum Gasteiger partial charge on any atom is 0.236 e. The Morgan fingerprint density at radius 1 is 1.69 bits per heavy atom. The molecule has 1 amide bonds. The number of ether oxygens (including phenoxy) is 1. The number of nitrogens with one attached hydrogen (secondary N) is 1. The van der Waals surface area contributed by atoms with Crippen molar-refractivity contribution < 1.29 is 9.53 Å². The van der Waals surface area contributed by atoms with E-state index in [-0.39, 0.29) is 12.0 Å². The minimum Gasteiger partial charge on any atom is -0.376 e. The molecule has 1 rings (SSSR count). The summed E-state index contributed by atoms with van der Waals surface area (Å²) in [6.07, 6.45) is 4.18. The van der Waals surface area contributed by atoms with Gasteiger partial charge in [0, 0.05) is 26.2 Å². The summed E-state index contributed by atoms with van der Waals surface area (Å²) in [4.78, 5) is 13.7. The van der Waals surface area contributed by atoms with E-state index in [4.69, 9.17) is 4.74 Å². The van der Waals surface area contributed by atoms with Crippen LogP contribution in [-0.2, 0) is 9.53 Å². The van der Waals surface area contributed by atoms with Crippen molar-refractivity contribution in [1.29, 1.82) is 0 Å². The normalized spacial score (nSPS) is 19.7. The minimum absolute atomic E-state index is 0.139. The lowest BCUT2D eigenvalue weighted by Crippen LogP contribution is -2.42. The summed E-state index contributed by atoms with van der Waals surface area (Å²) in [5.74, 6) is 0.139. The van der Waals surface area contributed by atoms with Crippen molar-refractivity contribution >= 4 is 5.91 Å². The monoisotopic (exact) mass is 226 g/mol. The molecule has 1 aliphatic rings. The lowest BCUT2D eigenvalue weighted by molar-refractivity contribution is -0.131. The van der Waals surface area contributed by atoms with Crippen molar-refractivity contribution in [3.8, 4) is 0 Å². The molecule has 0 spiro atoms. The fourth-order valence-corrected chi connectivity index (χ4v) is 1.83. The Kier molecular flexibility index (Phi) is 6.11. The van der Waals surface area contributed by atoms with E-state index in [1.807, 2.05) is 11.8 Å². The number of hydrogen-bond acceptors (Lipinski definition) is 3. The van der Waals surface area contributed by atoms with Gasteiger partial charge in [0.1, 0.15) is 0 Å². The van der Waals surface area contributed by atoms with Crippen LogP contribution in [0.5, 0.6) is 0 Å². The largest absolute Gasteiger partial charge is 0.376 e. The lowest BCUT2D eigenvalue weighted by atomic mass is 10.2. The molecule has 0 aliphatic carbocycles. The molecule has 0 aromatic heterocycles. The van der Waals surface area contributed by atoms with Gasteiger partial charge in [-0.25, -0.2) is 0 Å². The third kappa shape index (κ3) is 4.33. The second kappa shape index (κ2) is 7.41. The highest BCUT2D eigenvalue weighted by atomic mass is 16.5. The molecule has 1 N–H and O–H groups in total. The maximum atomic E-state index is 11.8. The summed E-state index contributed by atoms with van der Waals surface area (Å²) >= 11 is 0. The predicted molar refractivity (Wildman–Crippen MR) is 64.3 cm³/mol. The third-order valence-electron chi connectivity index (χ3n) is 2.75. The maximum absolute atomic E-state index is 11.8. The Morgan fingerprint density at radius 2 is 2.50 bits per heavy atom. The molecule has 0 bridgehead atoms. The number of rotatable bonds is 7. The van der Waals surface area contributed by atoms with Crippen LogP contribution in [0.1, 0.15) is 19.8 Å². The molecule has 4 heteroatoms. The van der Waals surface area contributed by atoms with Gasteiger partial charge in [0.05, 0.1) is 12.6 Å². The van der Waals surface area contributed by atoms with Gasteiger partial charge < -0.3 is 15.0 Å². The first-order chi connectivity index (χ1) is 7.77. The van der Waals surface area contributed by atoms with Crippen molar-refractivity contribution in [3.63, 3.8) is 0 Å². The van der Waals surface area contributed by atoms with Crippen molar-refractivity contribution in [2.24, 2.45) is 0 Å². The summed E-state index contributed by atoms with van der Waals surface area (Å²) < 4.78 is 5.53. The van der Waals surface area contributed by atoms with E-state index < -0.39 is 0 Å². The first-order valence-electron chi connectivity index (χ1n) is 5.99. The summed E-state index contributed by atoms with van der Waals surface area (Å²) in [5.41, 5.74) is 0. The van der Waals surface area contributed by atoms with Gasteiger partial charge in [-0.05, 0) is 19.8 Å². The highest BCUT2D eigenvalue weighted by Gasteiger charge is 2.20. The molecule has 4 nitrogen and oxygen atoms in total. The van der Waals surface area contributed by atoms with Gasteiger partial charge in [-0.3, -0.25) is 4.79 Å². The standard InChI is InChI=1S/C12H22N2O2/c1-3-7-13-9-12(15)14(4-2)10-11-6-5-8-16-11/h3,11,13H,1,4-10H2,2H3. The molecule has 16 heavy (non-hydrogen) atoms. The van der Waals surface area contributed by atoms with E-state index in [0.29, 0.717) is 13.1 Å². The quantitative estimate of drug-likeness (QED) is 0.515. The average molecular weight is 226 g/mol. The van der Waals surface area contributed by atoms with Crippen LogP contribution in [0.15, 0.2) is 12.7 Å². The topological polar surface area (TPSA) is 41.6 Å². The molecule has 1 atom stereocenters. The Bertz CT molecular complexity index is 225. The van der Waals surface area contributed by atoms with Crippen LogP contribution in [0.3, 0.4) is 0 Å². The van der Waals surface area contributed by atoms with Gasteiger partial charge in [0.15, 0.2) is 0 Å². The van der Waals surface area contributed by atoms with E-state index in [2.05, 4.69) is 11.9 Å². The van der Waals surface area contributed by atoms with Crippen LogP contribution in [0, 0.1) is 0 Å². The Balaban J connectivity index is 2.27. The molecule has 92 valence electrons. The van der Waals surface area contributed by atoms with Gasteiger partial charge in [0.2, 0.25) is 5.91 Å². The Labute approximate surface area is 97.6 Å². The minimum atomic E-state index is 0.139. The van der Waals surface area contributed by atoms with Crippen LogP contribution in [0.25, 0.3) is 0 Å². The van der Waals surface area contributed by atoms with Crippen LogP contribution < -0.4 is 5.32 Å². The Morgan fingerprint density at radius 3 is 3.06 bits per heavy atom. The number of nitrogens with zero attached hydrogens (tertiary/aromatic N) is 1. The fourth-order valence-electron chi connectivity index (χ4n) is 1.83. The van der Waals surface area contributed by atoms with Crippen LogP contribution >= 0.6 is 0 Å². The zero-order valence-corrected chi connectivity index (χ0v) is 10.1. The number of likely N-dealkylation sites (N-methyl/N-ethyl adjacent to an activating group) is 1. The van der Waals surface area contributed by atoms with E-state index in [9.17, 15) is 4.79 Å². The summed E-state index contributed by atoms with van der Waals surface area (Å²) in [7, 11) is 0. The molecular weight excluding hydrogens is 204 g/mol. The number of amides is 1. The third-order valence-corrected chi connectivity index (χ3v) is 2.75. The van der Waals surface area contributed by atoms with Crippen LogP contribution in [-0.4, -0.2) is 49.7 Å². The number of hydrogen-bond donors (Lipinski definition) is 1. The molecule has 0 radical (unpaired) electrons. The molecule has 1 heterocycles. The molecule has 1 unspecified atom stereocenters. The Hall–Kier alpha value is -0.870. The lowest BCUT2D eigenvalue weighted by Gasteiger charge is -2.24. The first kappa shape index (κ1) is 13.2. The molecule has 1 aliphatic heterocycles. The summed E-state index contributed by atoms with van der Waals surface area (Å²) in [6.45, 7) is 8.96. The molecular formula is C12H22N2O2. The van der Waals surface area contributed by atoms with Gasteiger partial charge in [-0.15, -0.1) is 6.58 Å². The van der Waals surface area contributed by atoms with Gasteiger partial charge in [-0.2, -0.15) is 0 Å². The van der Waals surface area contributed by atoms with E-state index in [1.165, 1.54) is 0 Å². The predicted octanol–water partition coefficient (Wildman–Crippen LogP) is 0.789. The molecule has 0 saturated carbocycles. The second-order valence-electron chi connectivity index (χ2n) is 3.99. The fraction of sp³-hybridized carbons (Fsp3) is 0.750. The van der Waals surface area contributed by atoms with Crippen LogP contribution in [0.2, 0.25) is 0 Å². The number of carbonyl (C=O) groups is 1. The molecule has 1 saturated heterocycles. The van der Waals surface area contributed by atoms with Crippen molar-refractivity contribution in [2.75, 3.05) is 32.8 Å². The molecule has 0 aromatic rings. The van der Waals surface area contributed by atoms with Gasteiger partial charge in [-0.1, -0.05) is 6.08 Å². The van der Waals surface area contributed by atoms with E-state index >= 15 is 0 Å². The second-order valence-corrected chi connectivity index (χ2v) is 3.99. The van der Waals surface area contributed by atoms with Gasteiger partial charge in [0.25, 0.3) is 0 Å². The smallest absolute Gasteiger partial charge is 0.236 e. The number of carbonyl (C=O) groups excluding carboxylic acids is 1. The van der Waals surface area contributed by atoms with Gasteiger partial charge >= 0.3 is 0 Å².